The molecule has 12 heteroatoms. The van der Waals surface area contributed by atoms with Gasteiger partial charge in [-0.1, -0.05) is 23.4 Å². The number of aromatic nitrogens is 3. The molecule has 2 aromatic heterocycles. The standard InChI is InChI=1S/C24H20N6O5S/c31-17-7-6-16(21(32)26-17)30-23(33)15-5-2-9-29(19(15)24(30)34)12-18-27-20(28-35-18)13-3-1-4-14(11-13)22-25-8-10-36-22/h1,3-4,8,10-11,16H,2,5-7,9,12H2,(H,26,31,32). The molecule has 11 nitrogen and oxygen atoms in total. The van der Waals surface area contributed by atoms with Crippen LogP contribution in [0.3, 0.4) is 0 Å². The van der Waals surface area contributed by atoms with Crippen LogP contribution in [-0.2, 0) is 25.7 Å². The number of hydrogen-bond donors (Lipinski definition) is 1. The number of nitrogens with zero attached hydrogens (tertiary/aromatic N) is 5. The summed E-state index contributed by atoms with van der Waals surface area (Å²) in [7, 11) is 0. The number of amides is 4. The van der Waals surface area contributed by atoms with Crippen LogP contribution in [0.2, 0.25) is 0 Å². The van der Waals surface area contributed by atoms with E-state index in [1.54, 1.807) is 11.1 Å². The summed E-state index contributed by atoms with van der Waals surface area (Å²) in [5.41, 5.74) is 2.36. The van der Waals surface area contributed by atoms with Gasteiger partial charge < -0.3 is 9.42 Å². The number of carbonyl (C=O) groups is 4. The van der Waals surface area contributed by atoms with Crippen molar-refractivity contribution in [2.24, 2.45) is 0 Å². The summed E-state index contributed by atoms with van der Waals surface area (Å²) in [6, 6.07) is 6.68. The van der Waals surface area contributed by atoms with E-state index in [2.05, 4.69) is 20.4 Å². The average molecular weight is 505 g/mol. The fourth-order valence-electron chi connectivity index (χ4n) is 4.82. The molecule has 1 saturated heterocycles. The molecule has 0 saturated carbocycles. The lowest BCUT2D eigenvalue weighted by Crippen LogP contribution is -2.55. The molecule has 0 bridgehead atoms. The SMILES string of the molecule is O=C1CCC(N2C(=O)C3=C(C2=O)N(Cc2nc(-c4cccc(-c5nccs5)c4)no2)CCC3)C(=O)N1. The summed E-state index contributed by atoms with van der Waals surface area (Å²) in [5, 5.41) is 9.12. The Morgan fingerprint density at radius 1 is 1.11 bits per heavy atom. The van der Waals surface area contributed by atoms with Crippen molar-refractivity contribution in [3.05, 3.63) is 53.0 Å². The molecule has 1 aromatic carbocycles. The number of imide groups is 2. The minimum Gasteiger partial charge on any atom is -0.357 e. The molecule has 1 fully saturated rings. The van der Waals surface area contributed by atoms with Gasteiger partial charge in [-0.2, -0.15) is 4.98 Å². The largest absolute Gasteiger partial charge is 0.357 e. The quantitative estimate of drug-likeness (QED) is 0.516. The van der Waals surface area contributed by atoms with Crippen LogP contribution in [-0.4, -0.2) is 61.1 Å². The van der Waals surface area contributed by atoms with E-state index in [0.717, 1.165) is 21.0 Å². The molecule has 36 heavy (non-hydrogen) atoms. The first-order chi connectivity index (χ1) is 17.5. The van der Waals surface area contributed by atoms with Gasteiger partial charge >= 0.3 is 0 Å². The van der Waals surface area contributed by atoms with Crippen molar-refractivity contribution in [1.82, 2.24) is 30.2 Å². The van der Waals surface area contributed by atoms with E-state index in [1.165, 1.54) is 11.3 Å². The number of benzene rings is 1. The lowest BCUT2D eigenvalue weighted by atomic mass is 10.0. The van der Waals surface area contributed by atoms with Crippen LogP contribution in [0.5, 0.6) is 0 Å². The van der Waals surface area contributed by atoms with Crippen molar-refractivity contribution in [1.29, 1.82) is 0 Å². The van der Waals surface area contributed by atoms with Gasteiger partial charge in [-0.25, -0.2) is 4.98 Å². The van der Waals surface area contributed by atoms with E-state index in [0.29, 0.717) is 36.7 Å². The number of rotatable bonds is 5. The Morgan fingerprint density at radius 2 is 1.97 bits per heavy atom. The van der Waals surface area contributed by atoms with Gasteiger partial charge in [0, 0.05) is 41.2 Å². The van der Waals surface area contributed by atoms with Crippen LogP contribution in [0.1, 0.15) is 31.6 Å². The third-order valence-electron chi connectivity index (χ3n) is 6.47. The van der Waals surface area contributed by atoms with Crippen molar-refractivity contribution in [3.63, 3.8) is 0 Å². The Bertz CT molecular complexity index is 1430. The molecular formula is C24H20N6O5S. The zero-order chi connectivity index (χ0) is 24.8. The summed E-state index contributed by atoms with van der Waals surface area (Å²) in [6.07, 6.45) is 3.06. The van der Waals surface area contributed by atoms with Gasteiger partial charge in [0.05, 0.1) is 6.54 Å². The summed E-state index contributed by atoms with van der Waals surface area (Å²) in [5.74, 6) is -1.31. The first-order valence-electron chi connectivity index (χ1n) is 11.5. The van der Waals surface area contributed by atoms with Gasteiger partial charge in [-0.3, -0.25) is 29.4 Å². The van der Waals surface area contributed by atoms with Gasteiger partial charge in [0.25, 0.3) is 11.8 Å². The van der Waals surface area contributed by atoms with Gasteiger partial charge in [0.2, 0.25) is 23.5 Å². The zero-order valence-electron chi connectivity index (χ0n) is 19.0. The molecule has 3 aliphatic rings. The van der Waals surface area contributed by atoms with Crippen LogP contribution >= 0.6 is 11.3 Å². The Hall–Kier alpha value is -4.19. The van der Waals surface area contributed by atoms with E-state index in [9.17, 15) is 19.2 Å². The highest BCUT2D eigenvalue weighted by atomic mass is 32.1. The maximum Gasteiger partial charge on any atom is 0.278 e. The van der Waals surface area contributed by atoms with Crippen LogP contribution in [0, 0.1) is 0 Å². The van der Waals surface area contributed by atoms with Gasteiger partial charge in [0.1, 0.15) is 16.7 Å². The van der Waals surface area contributed by atoms with Crippen molar-refractivity contribution in [2.75, 3.05) is 6.54 Å². The van der Waals surface area contributed by atoms with Crippen molar-refractivity contribution >= 4 is 35.0 Å². The maximum absolute atomic E-state index is 13.3. The highest BCUT2D eigenvalue weighted by molar-refractivity contribution is 7.13. The Morgan fingerprint density at radius 3 is 2.78 bits per heavy atom. The molecule has 1 N–H and O–H groups in total. The molecule has 0 aliphatic carbocycles. The third-order valence-corrected chi connectivity index (χ3v) is 7.29. The average Bonchev–Trinajstić information content (AvgIpc) is 3.62. The van der Waals surface area contributed by atoms with Gasteiger partial charge in [-0.15, -0.1) is 11.3 Å². The number of nitrogens with one attached hydrogen (secondary N) is 1. The molecule has 1 unspecified atom stereocenters. The minimum atomic E-state index is -0.990. The first kappa shape index (κ1) is 22.3. The van der Waals surface area contributed by atoms with E-state index in [1.807, 2.05) is 29.6 Å². The molecule has 0 radical (unpaired) electrons. The van der Waals surface area contributed by atoms with Gasteiger partial charge in [-0.05, 0) is 25.3 Å². The van der Waals surface area contributed by atoms with Crippen LogP contribution in [0.4, 0.5) is 0 Å². The molecule has 6 rings (SSSR count). The fourth-order valence-corrected chi connectivity index (χ4v) is 5.45. The summed E-state index contributed by atoms with van der Waals surface area (Å²) in [6.45, 7) is 0.679. The highest BCUT2D eigenvalue weighted by Gasteiger charge is 2.48. The van der Waals surface area contributed by atoms with Crippen LogP contribution in [0.15, 0.2) is 51.6 Å². The second-order valence-corrected chi connectivity index (χ2v) is 9.62. The molecular weight excluding hydrogens is 484 g/mol. The number of thiazole rings is 1. The van der Waals surface area contributed by atoms with Crippen molar-refractivity contribution in [2.45, 2.75) is 38.3 Å². The monoisotopic (exact) mass is 504 g/mol. The second-order valence-electron chi connectivity index (χ2n) is 8.73. The molecule has 182 valence electrons. The summed E-state index contributed by atoms with van der Waals surface area (Å²) < 4.78 is 5.49. The number of carbonyl (C=O) groups excluding carboxylic acids is 4. The predicted molar refractivity (Wildman–Crippen MR) is 126 cm³/mol. The molecule has 3 aliphatic heterocycles. The van der Waals surface area contributed by atoms with Crippen LogP contribution < -0.4 is 5.32 Å². The van der Waals surface area contributed by atoms with E-state index in [-0.39, 0.29) is 25.1 Å². The molecule has 0 spiro atoms. The Kier molecular flexibility index (Phi) is 5.44. The van der Waals surface area contributed by atoms with Crippen molar-refractivity contribution < 1.29 is 23.7 Å². The van der Waals surface area contributed by atoms with E-state index in [4.69, 9.17) is 4.52 Å². The highest BCUT2D eigenvalue weighted by Crippen LogP contribution is 2.35. The minimum absolute atomic E-state index is 0.0797. The van der Waals surface area contributed by atoms with Crippen LogP contribution in [0.25, 0.3) is 22.0 Å². The summed E-state index contributed by atoms with van der Waals surface area (Å²) in [4.78, 5) is 61.9. The summed E-state index contributed by atoms with van der Waals surface area (Å²) >= 11 is 1.54. The fraction of sp³-hybridized carbons (Fsp3) is 0.292. The Labute approximate surface area is 208 Å². The third kappa shape index (κ3) is 3.79. The lowest BCUT2D eigenvalue weighted by molar-refractivity contribution is -0.150. The maximum atomic E-state index is 13.3. The van der Waals surface area contributed by atoms with Crippen molar-refractivity contribution in [3.8, 4) is 22.0 Å². The molecule has 3 aromatic rings. The predicted octanol–water partition coefficient (Wildman–Crippen LogP) is 1.88. The van der Waals surface area contributed by atoms with E-state index < -0.39 is 29.7 Å². The molecule has 1 atom stereocenters. The molecule has 5 heterocycles. The van der Waals surface area contributed by atoms with Gasteiger partial charge in [0.15, 0.2) is 0 Å². The number of hydrogen-bond acceptors (Lipinski definition) is 10. The lowest BCUT2D eigenvalue weighted by Gasteiger charge is -2.29. The van der Waals surface area contributed by atoms with E-state index >= 15 is 0 Å². The normalized spacial score (nSPS) is 20.3. The zero-order valence-corrected chi connectivity index (χ0v) is 19.8. The number of piperidine rings is 1. The second kappa shape index (κ2) is 8.79. The Balaban J connectivity index is 1.22. The smallest absolute Gasteiger partial charge is 0.278 e. The first-order valence-corrected chi connectivity index (χ1v) is 12.4. The molecule has 4 amide bonds. The topological polar surface area (TPSA) is 139 Å².